The van der Waals surface area contributed by atoms with Gasteiger partial charge in [0.05, 0.1) is 11.4 Å². The van der Waals surface area contributed by atoms with Crippen LogP contribution in [0.15, 0.2) is 30.3 Å². The monoisotopic (exact) mass is 384 g/mol. The van der Waals surface area contributed by atoms with Crippen molar-refractivity contribution in [2.45, 2.75) is 19.1 Å². The average Bonchev–Trinajstić information content (AvgIpc) is 2.94. The summed E-state index contributed by atoms with van der Waals surface area (Å²) in [6.07, 6.45) is -4.23. The van der Waals surface area contributed by atoms with E-state index in [4.69, 9.17) is 21.4 Å². The lowest BCUT2D eigenvalue weighted by atomic mass is 10.1. The topological polar surface area (TPSA) is 123 Å². The third kappa shape index (κ3) is 5.30. The highest BCUT2D eigenvalue weighted by Crippen LogP contribution is 2.21. The maximum Gasteiger partial charge on any atom is 0.490 e. The van der Waals surface area contributed by atoms with Gasteiger partial charge in [-0.1, -0.05) is 12.1 Å². The van der Waals surface area contributed by atoms with Crippen molar-refractivity contribution in [2.24, 2.45) is 11.7 Å². The number of pyridine rings is 1. The number of nitrogens with zero attached hydrogens (tertiary/aromatic N) is 2. The molecule has 10 heteroatoms. The van der Waals surface area contributed by atoms with Crippen molar-refractivity contribution in [3.8, 4) is 0 Å². The molecule has 3 rings (SSSR count). The van der Waals surface area contributed by atoms with Crippen molar-refractivity contribution in [2.75, 3.05) is 18.8 Å². The molecule has 27 heavy (non-hydrogen) atoms. The van der Waals surface area contributed by atoms with Gasteiger partial charge in [-0.25, -0.2) is 9.78 Å². The average molecular weight is 384 g/mol. The van der Waals surface area contributed by atoms with Gasteiger partial charge in [-0.15, -0.1) is 0 Å². The highest BCUT2D eigenvalue weighted by molar-refractivity contribution is 5.82. The predicted octanol–water partition coefficient (Wildman–Crippen LogP) is 1.76. The zero-order valence-corrected chi connectivity index (χ0v) is 14.2. The summed E-state index contributed by atoms with van der Waals surface area (Å²) in [5, 5.41) is 8.18. The third-order valence-corrected chi connectivity index (χ3v) is 4.09. The molecule has 2 aromatic rings. The molecule has 2 heterocycles. The fraction of sp³-hybridized carbons (Fsp3) is 0.353. The van der Waals surface area contributed by atoms with E-state index in [9.17, 15) is 18.0 Å². The van der Waals surface area contributed by atoms with Gasteiger partial charge in [0, 0.05) is 25.0 Å². The Morgan fingerprint density at radius 2 is 1.93 bits per heavy atom. The Bertz CT molecular complexity index is 842. The highest BCUT2D eigenvalue weighted by atomic mass is 19.4. The Morgan fingerprint density at radius 3 is 2.48 bits per heavy atom. The number of hydrogen-bond donors (Lipinski definition) is 3. The van der Waals surface area contributed by atoms with E-state index in [1.165, 1.54) is 0 Å². The minimum atomic E-state index is -5.08. The molecule has 1 fully saturated rings. The van der Waals surface area contributed by atoms with Crippen LogP contribution in [-0.4, -0.2) is 46.1 Å². The molecule has 0 unspecified atom stereocenters. The van der Waals surface area contributed by atoms with Crippen LogP contribution < -0.4 is 11.5 Å². The molecule has 1 saturated heterocycles. The lowest BCUT2D eigenvalue weighted by Gasteiger charge is -2.16. The number of aliphatic carboxylic acids is 1. The van der Waals surface area contributed by atoms with Gasteiger partial charge in [0.25, 0.3) is 0 Å². The number of halogens is 3. The van der Waals surface area contributed by atoms with Crippen LogP contribution in [-0.2, 0) is 16.1 Å². The Labute approximate surface area is 152 Å². The maximum atomic E-state index is 12.1. The van der Waals surface area contributed by atoms with Gasteiger partial charge < -0.3 is 21.5 Å². The van der Waals surface area contributed by atoms with Crippen molar-refractivity contribution in [1.29, 1.82) is 0 Å². The maximum absolute atomic E-state index is 12.1. The van der Waals surface area contributed by atoms with Gasteiger partial charge in [-0.3, -0.25) is 4.79 Å². The van der Waals surface area contributed by atoms with Crippen LogP contribution in [0.2, 0.25) is 0 Å². The van der Waals surface area contributed by atoms with Crippen LogP contribution in [0.3, 0.4) is 0 Å². The normalized spacial score (nSPS) is 17.0. The fourth-order valence-corrected chi connectivity index (χ4v) is 2.68. The second-order valence-electron chi connectivity index (χ2n) is 6.05. The van der Waals surface area contributed by atoms with Crippen molar-refractivity contribution in [3.63, 3.8) is 0 Å². The van der Waals surface area contributed by atoms with E-state index in [-0.39, 0.29) is 11.8 Å². The Hall–Kier alpha value is -2.88. The van der Waals surface area contributed by atoms with Crippen molar-refractivity contribution < 1.29 is 27.9 Å². The van der Waals surface area contributed by atoms with Gasteiger partial charge in [-0.05, 0) is 30.2 Å². The molecule has 1 aromatic carbocycles. The summed E-state index contributed by atoms with van der Waals surface area (Å²) in [5.41, 5.74) is 13.2. The summed E-state index contributed by atoms with van der Waals surface area (Å²) >= 11 is 0. The van der Waals surface area contributed by atoms with Crippen LogP contribution in [0, 0.1) is 5.92 Å². The van der Waals surface area contributed by atoms with Gasteiger partial charge in [-0.2, -0.15) is 13.2 Å². The zero-order chi connectivity index (χ0) is 20.2. The second kappa shape index (κ2) is 8.21. The molecule has 1 aliphatic rings. The molecule has 1 amide bonds. The highest BCUT2D eigenvalue weighted by Gasteiger charge is 2.38. The van der Waals surface area contributed by atoms with Crippen molar-refractivity contribution >= 4 is 28.6 Å². The SMILES string of the molecule is NC[C@@H]1CCN(Cc2ccc3ccc(N)nc3c2)C1=O.O=C(O)C(F)(F)F. The summed E-state index contributed by atoms with van der Waals surface area (Å²) in [4.78, 5) is 27.1. The molecule has 7 nitrogen and oxygen atoms in total. The molecular formula is C17H19F3N4O3. The van der Waals surface area contributed by atoms with Gasteiger partial charge >= 0.3 is 12.1 Å². The molecule has 0 saturated carbocycles. The molecule has 1 aromatic heterocycles. The van der Waals surface area contributed by atoms with Crippen LogP contribution in [0.1, 0.15) is 12.0 Å². The van der Waals surface area contributed by atoms with Crippen LogP contribution >= 0.6 is 0 Å². The number of aromatic nitrogens is 1. The number of hydrogen-bond acceptors (Lipinski definition) is 5. The van der Waals surface area contributed by atoms with Crippen LogP contribution in [0.5, 0.6) is 0 Å². The largest absolute Gasteiger partial charge is 0.490 e. The molecular weight excluding hydrogens is 365 g/mol. The van der Waals surface area contributed by atoms with E-state index in [1.54, 1.807) is 6.07 Å². The number of nitrogen functional groups attached to an aromatic ring is 1. The number of anilines is 1. The molecule has 5 N–H and O–H groups in total. The number of carboxylic acids is 1. The number of carboxylic acid groups (broad SMARTS) is 1. The Kier molecular flexibility index (Phi) is 6.21. The lowest BCUT2D eigenvalue weighted by molar-refractivity contribution is -0.192. The van der Waals surface area contributed by atoms with E-state index in [0.717, 1.165) is 29.4 Å². The van der Waals surface area contributed by atoms with E-state index in [1.807, 2.05) is 29.2 Å². The molecule has 0 spiro atoms. The number of rotatable bonds is 3. The molecule has 1 atom stereocenters. The van der Waals surface area contributed by atoms with Crippen molar-refractivity contribution in [3.05, 3.63) is 35.9 Å². The van der Waals surface area contributed by atoms with Crippen LogP contribution in [0.4, 0.5) is 19.0 Å². The molecule has 146 valence electrons. The summed E-state index contributed by atoms with van der Waals surface area (Å²) < 4.78 is 31.7. The minimum Gasteiger partial charge on any atom is -0.475 e. The third-order valence-electron chi connectivity index (χ3n) is 4.09. The molecule has 0 radical (unpaired) electrons. The first-order valence-corrected chi connectivity index (χ1v) is 8.06. The first-order chi connectivity index (χ1) is 12.6. The minimum absolute atomic E-state index is 0.00998. The van der Waals surface area contributed by atoms with Gasteiger partial charge in [0.1, 0.15) is 5.82 Å². The number of carbonyl (C=O) groups is 2. The quantitative estimate of drug-likeness (QED) is 0.741. The molecule has 1 aliphatic heterocycles. The number of nitrogens with two attached hydrogens (primary N) is 2. The number of likely N-dealkylation sites (tertiary alicyclic amines) is 1. The van der Waals surface area contributed by atoms with E-state index in [0.29, 0.717) is 18.9 Å². The number of fused-ring (bicyclic) bond motifs is 1. The summed E-state index contributed by atoms with van der Waals surface area (Å²) in [5.74, 6) is -2.10. The standard InChI is InChI=1S/C15H18N4O.C2HF3O2/c16-8-12-5-6-19(15(12)20)9-10-1-2-11-3-4-14(17)18-13(11)7-10;3-2(4,5)1(6)7/h1-4,7,12H,5-6,8-9,16H2,(H2,17,18);(H,6,7)/t12-;/m0./s1. The first-order valence-electron chi connectivity index (χ1n) is 8.06. The van der Waals surface area contributed by atoms with Crippen LogP contribution in [0.25, 0.3) is 10.9 Å². The van der Waals surface area contributed by atoms with Gasteiger partial charge in [0.15, 0.2) is 0 Å². The summed E-state index contributed by atoms with van der Waals surface area (Å²) in [6, 6.07) is 9.78. The van der Waals surface area contributed by atoms with E-state index >= 15 is 0 Å². The molecule has 0 bridgehead atoms. The van der Waals surface area contributed by atoms with E-state index in [2.05, 4.69) is 4.98 Å². The number of alkyl halides is 3. The lowest BCUT2D eigenvalue weighted by Crippen LogP contribution is -2.29. The Balaban J connectivity index is 0.000000321. The number of carbonyl (C=O) groups excluding carboxylic acids is 1. The Morgan fingerprint density at radius 1 is 1.30 bits per heavy atom. The fourth-order valence-electron chi connectivity index (χ4n) is 2.68. The number of amides is 1. The second-order valence-corrected chi connectivity index (χ2v) is 6.05. The smallest absolute Gasteiger partial charge is 0.475 e. The first kappa shape index (κ1) is 20.4. The predicted molar refractivity (Wildman–Crippen MR) is 92.4 cm³/mol. The summed E-state index contributed by atoms with van der Waals surface area (Å²) in [6.45, 7) is 1.83. The van der Waals surface area contributed by atoms with E-state index < -0.39 is 12.1 Å². The summed E-state index contributed by atoms with van der Waals surface area (Å²) in [7, 11) is 0. The zero-order valence-electron chi connectivity index (χ0n) is 14.2. The molecule has 0 aliphatic carbocycles. The number of benzene rings is 1. The van der Waals surface area contributed by atoms with Crippen molar-refractivity contribution in [1.82, 2.24) is 9.88 Å². The van der Waals surface area contributed by atoms with Gasteiger partial charge in [0.2, 0.25) is 5.91 Å².